The highest BCUT2D eigenvalue weighted by atomic mass is 16.6. The Morgan fingerprint density at radius 1 is 0.838 bits per heavy atom. The predicted molar refractivity (Wildman–Crippen MR) is 145 cm³/mol. The van der Waals surface area contributed by atoms with E-state index in [1.54, 1.807) is 4.90 Å². The molecule has 37 heavy (non-hydrogen) atoms. The maximum atomic E-state index is 13.8. The molecule has 0 aliphatic carbocycles. The second-order valence-electron chi connectivity index (χ2n) is 10.4. The fourth-order valence-corrected chi connectivity index (χ4v) is 4.43. The maximum absolute atomic E-state index is 13.8. The minimum Gasteiger partial charge on any atom is -0.486 e. The number of hydrogen-bond donors (Lipinski definition) is 1. The van der Waals surface area contributed by atoms with Gasteiger partial charge in [-0.1, -0.05) is 66.7 Å². The van der Waals surface area contributed by atoms with Gasteiger partial charge in [0.25, 0.3) is 0 Å². The summed E-state index contributed by atoms with van der Waals surface area (Å²) in [5.41, 5.74) is 2.57. The number of fused-ring (bicyclic) bond motifs is 1. The zero-order valence-electron chi connectivity index (χ0n) is 21.9. The molecule has 2 amide bonds. The summed E-state index contributed by atoms with van der Waals surface area (Å²) in [6.07, 6.45) is 1.26. The number of aryl methyl sites for hydroxylation is 1. The number of hydrogen-bond acceptors (Lipinski definition) is 4. The van der Waals surface area contributed by atoms with Crippen LogP contribution in [0.2, 0.25) is 0 Å². The largest absolute Gasteiger partial charge is 0.486 e. The van der Waals surface area contributed by atoms with Gasteiger partial charge < -0.3 is 19.7 Å². The van der Waals surface area contributed by atoms with Gasteiger partial charge in [0.1, 0.15) is 19.3 Å². The smallest absolute Gasteiger partial charge is 0.243 e. The average molecular weight is 501 g/mol. The monoisotopic (exact) mass is 500 g/mol. The highest BCUT2D eigenvalue weighted by Gasteiger charge is 2.32. The van der Waals surface area contributed by atoms with Crippen molar-refractivity contribution < 1.29 is 19.1 Å². The van der Waals surface area contributed by atoms with Crippen molar-refractivity contribution in [2.45, 2.75) is 58.2 Å². The van der Waals surface area contributed by atoms with Crippen molar-refractivity contribution in [3.05, 3.63) is 95.6 Å². The first-order valence-corrected chi connectivity index (χ1v) is 12.9. The number of nitrogens with zero attached hydrogens (tertiary/aromatic N) is 1. The lowest BCUT2D eigenvalue weighted by Gasteiger charge is -2.34. The number of carbonyl (C=O) groups excluding carboxylic acids is 2. The number of nitrogens with one attached hydrogen (secondary N) is 1. The van der Waals surface area contributed by atoms with Gasteiger partial charge in [0.2, 0.25) is 11.8 Å². The average Bonchev–Trinajstić information content (AvgIpc) is 2.89. The quantitative estimate of drug-likeness (QED) is 0.452. The number of rotatable bonds is 9. The van der Waals surface area contributed by atoms with E-state index in [9.17, 15) is 9.59 Å². The summed E-state index contributed by atoms with van der Waals surface area (Å²) in [7, 11) is 0. The second kappa shape index (κ2) is 12.0. The van der Waals surface area contributed by atoms with Crippen molar-refractivity contribution in [1.29, 1.82) is 0 Å². The molecule has 0 unspecified atom stereocenters. The Balaban J connectivity index is 1.59. The minimum atomic E-state index is -0.644. The summed E-state index contributed by atoms with van der Waals surface area (Å²) in [5, 5.41) is 3.11. The van der Waals surface area contributed by atoms with Gasteiger partial charge in [0, 0.05) is 24.9 Å². The summed E-state index contributed by atoms with van der Waals surface area (Å²) in [6.45, 7) is 7.28. The molecule has 1 aliphatic rings. The molecule has 0 bridgehead atoms. The molecule has 3 aromatic rings. The van der Waals surface area contributed by atoms with Crippen LogP contribution < -0.4 is 14.8 Å². The Hall–Kier alpha value is -3.80. The summed E-state index contributed by atoms with van der Waals surface area (Å²) in [5.74, 6) is 1.22. The molecule has 194 valence electrons. The first kappa shape index (κ1) is 26.3. The third-order valence-electron chi connectivity index (χ3n) is 6.20. The summed E-state index contributed by atoms with van der Waals surface area (Å²) >= 11 is 0. The van der Waals surface area contributed by atoms with Crippen molar-refractivity contribution in [3.8, 4) is 11.5 Å². The highest BCUT2D eigenvalue weighted by molar-refractivity contribution is 5.88. The molecular weight excluding hydrogens is 464 g/mol. The van der Waals surface area contributed by atoms with E-state index in [0.29, 0.717) is 38.3 Å². The Kier molecular flexibility index (Phi) is 8.49. The Bertz CT molecular complexity index is 1190. The van der Waals surface area contributed by atoms with E-state index in [1.807, 2.05) is 99.6 Å². The molecule has 4 rings (SSSR count). The molecule has 1 N–H and O–H groups in total. The standard InChI is InChI=1S/C31H36N2O4/c1-31(2,3)32-30(35)26(20-23-10-6-4-7-11-23)33(22-25-12-8-5-9-13-25)29(34)17-15-24-14-16-27-28(21-24)37-19-18-36-27/h4-14,16,21,26H,15,17-20,22H2,1-3H3,(H,32,35)/t26-/m1/s1. The van der Waals surface area contributed by atoms with E-state index in [0.717, 1.165) is 22.4 Å². The lowest BCUT2D eigenvalue weighted by molar-refractivity contribution is -0.141. The Morgan fingerprint density at radius 2 is 1.46 bits per heavy atom. The number of benzene rings is 3. The Morgan fingerprint density at radius 3 is 2.11 bits per heavy atom. The third kappa shape index (κ3) is 7.59. The van der Waals surface area contributed by atoms with E-state index in [1.165, 1.54) is 0 Å². The van der Waals surface area contributed by atoms with Gasteiger partial charge in [-0.2, -0.15) is 0 Å². The van der Waals surface area contributed by atoms with E-state index < -0.39 is 11.6 Å². The molecule has 0 fully saturated rings. The third-order valence-corrected chi connectivity index (χ3v) is 6.20. The first-order valence-electron chi connectivity index (χ1n) is 12.9. The number of ether oxygens (including phenoxy) is 2. The minimum absolute atomic E-state index is 0.0660. The van der Waals surface area contributed by atoms with Crippen LogP contribution in [0, 0.1) is 0 Å². The van der Waals surface area contributed by atoms with Crippen LogP contribution in [-0.2, 0) is 29.0 Å². The molecule has 1 heterocycles. The highest BCUT2D eigenvalue weighted by Crippen LogP contribution is 2.31. The van der Waals surface area contributed by atoms with Crippen LogP contribution in [0.1, 0.15) is 43.9 Å². The molecule has 0 spiro atoms. The van der Waals surface area contributed by atoms with Crippen molar-refractivity contribution >= 4 is 11.8 Å². The van der Waals surface area contributed by atoms with E-state index >= 15 is 0 Å². The van der Waals surface area contributed by atoms with Crippen LogP contribution in [-0.4, -0.2) is 41.5 Å². The lowest BCUT2D eigenvalue weighted by Crippen LogP contribution is -2.54. The van der Waals surface area contributed by atoms with Gasteiger partial charge in [-0.05, 0) is 56.0 Å². The van der Waals surface area contributed by atoms with Gasteiger partial charge in [-0.3, -0.25) is 9.59 Å². The molecule has 1 atom stereocenters. The van der Waals surface area contributed by atoms with Crippen molar-refractivity contribution in [2.24, 2.45) is 0 Å². The Labute approximate surface area is 219 Å². The van der Waals surface area contributed by atoms with Crippen LogP contribution in [0.3, 0.4) is 0 Å². The molecular formula is C31H36N2O4. The molecule has 3 aromatic carbocycles. The van der Waals surface area contributed by atoms with E-state index in [2.05, 4.69) is 5.32 Å². The fraction of sp³-hybridized carbons (Fsp3) is 0.355. The first-order chi connectivity index (χ1) is 17.8. The number of carbonyl (C=O) groups is 2. The van der Waals surface area contributed by atoms with Crippen molar-refractivity contribution in [1.82, 2.24) is 10.2 Å². The second-order valence-corrected chi connectivity index (χ2v) is 10.4. The molecule has 1 aliphatic heterocycles. The zero-order chi connectivity index (χ0) is 26.3. The van der Waals surface area contributed by atoms with Gasteiger partial charge in [-0.25, -0.2) is 0 Å². The SMILES string of the molecule is CC(C)(C)NC(=O)[C@@H](Cc1ccccc1)N(Cc1ccccc1)C(=O)CCc1ccc2c(c1)OCCO2. The van der Waals surface area contributed by atoms with E-state index in [4.69, 9.17) is 9.47 Å². The molecule has 6 heteroatoms. The fourth-order valence-electron chi connectivity index (χ4n) is 4.43. The lowest BCUT2D eigenvalue weighted by atomic mass is 9.99. The summed E-state index contributed by atoms with van der Waals surface area (Å²) in [4.78, 5) is 29.1. The summed E-state index contributed by atoms with van der Waals surface area (Å²) < 4.78 is 11.3. The predicted octanol–water partition coefficient (Wildman–Crippen LogP) is 4.95. The topological polar surface area (TPSA) is 67.9 Å². The van der Waals surface area contributed by atoms with Crippen LogP contribution >= 0.6 is 0 Å². The van der Waals surface area contributed by atoms with Crippen LogP contribution in [0.15, 0.2) is 78.9 Å². The molecule has 0 saturated heterocycles. The van der Waals surface area contributed by atoms with Gasteiger partial charge in [0.05, 0.1) is 0 Å². The molecule has 6 nitrogen and oxygen atoms in total. The van der Waals surface area contributed by atoms with Gasteiger partial charge in [0.15, 0.2) is 11.5 Å². The van der Waals surface area contributed by atoms with Crippen LogP contribution in [0.4, 0.5) is 0 Å². The molecule has 0 saturated carbocycles. The summed E-state index contributed by atoms with van der Waals surface area (Å²) in [6, 6.07) is 24.9. The van der Waals surface area contributed by atoms with Gasteiger partial charge >= 0.3 is 0 Å². The zero-order valence-corrected chi connectivity index (χ0v) is 21.9. The number of amides is 2. The van der Waals surface area contributed by atoms with Crippen molar-refractivity contribution in [2.75, 3.05) is 13.2 Å². The molecule has 0 aromatic heterocycles. The maximum Gasteiger partial charge on any atom is 0.243 e. The van der Waals surface area contributed by atoms with Crippen LogP contribution in [0.25, 0.3) is 0 Å². The van der Waals surface area contributed by atoms with E-state index in [-0.39, 0.29) is 18.2 Å². The van der Waals surface area contributed by atoms with Crippen molar-refractivity contribution in [3.63, 3.8) is 0 Å². The molecule has 0 radical (unpaired) electrons. The van der Waals surface area contributed by atoms with Crippen LogP contribution in [0.5, 0.6) is 11.5 Å². The van der Waals surface area contributed by atoms with Gasteiger partial charge in [-0.15, -0.1) is 0 Å². The normalized spacial score (nSPS) is 13.5.